The van der Waals surface area contributed by atoms with Gasteiger partial charge in [0.15, 0.2) is 5.82 Å². The average molecular weight is 500 g/mol. The van der Waals surface area contributed by atoms with Crippen molar-refractivity contribution in [3.63, 3.8) is 0 Å². The molecule has 1 aliphatic rings. The number of aromatic nitrogens is 6. The van der Waals surface area contributed by atoms with E-state index in [1.165, 1.54) is 0 Å². The maximum atomic E-state index is 12.5. The Kier molecular flexibility index (Phi) is 7.41. The van der Waals surface area contributed by atoms with Gasteiger partial charge in [-0.3, -0.25) is 14.2 Å². The third-order valence-corrected chi connectivity index (χ3v) is 6.99. The molecule has 4 aromatic rings. The Balaban J connectivity index is 1.21. The Morgan fingerprint density at radius 1 is 0.973 bits per heavy atom. The molecule has 37 heavy (non-hydrogen) atoms. The topological polar surface area (TPSA) is 99.8 Å². The summed E-state index contributed by atoms with van der Waals surface area (Å²) in [7, 11) is 3.56. The van der Waals surface area contributed by atoms with E-state index >= 15 is 0 Å². The number of hydrogen-bond donors (Lipinski definition) is 1. The normalized spacial score (nSPS) is 18.5. The number of nitrogens with one attached hydrogen (secondary N) is 1. The molecule has 1 fully saturated rings. The lowest BCUT2D eigenvalue weighted by Gasteiger charge is -2.28. The fourth-order valence-corrected chi connectivity index (χ4v) is 4.98. The van der Waals surface area contributed by atoms with E-state index in [0.29, 0.717) is 18.5 Å². The first-order chi connectivity index (χ1) is 18.0. The molecule has 1 amide bonds. The number of benzene rings is 1. The molecule has 0 saturated heterocycles. The quantitative estimate of drug-likeness (QED) is 0.388. The molecule has 0 spiro atoms. The van der Waals surface area contributed by atoms with Gasteiger partial charge in [-0.2, -0.15) is 10.2 Å². The average Bonchev–Trinajstić information content (AvgIpc) is 3.59. The maximum absolute atomic E-state index is 12.5. The summed E-state index contributed by atoms with van der Waals surface area (Å²) in [5.74, 6) is 0.869. The summed E-state index contributed by atoms with van der Waals surface area (Å²) in [5.41, 5.74) is 5.02. The van der Waals surface area contributed by atoms with Gasteiger partial charge < -0.3 is 10.1 Å². The Morgan fingerprint density at radius 3 is 2.38 bits per heavy atom. The molecule has 3 heterocycles. The molecule has 3 aromatic heterocycles. The highest BCUT2D eigenvalue weighted by molar-refractivity contribution is 5.79. The summed E-state index contributed by atoms with van der Waals surface area (Å²) in [6.45, 7) is 2.49. The molecular weight excluding hydrogens is 466 g/mol. The van der Waals surface area contributed by atoms with Crippen molar-refractivity contribution in [3.8, 4) is 33.6 Å². The Labute approximate surface area is 216 Å². The monoisotopic (exact) mass is 499 g/mol. The summed E-state index contributed by atoms with van der Waals surface area (Å²) >= 11 is 0. The summed E-state index contributed by atoms with van der Waals surface area (Å²) in [6, 6.07) is 8.50. The molecule has 1 saturated carbocycles. The van der Waals surface area contributed by atoms with Crippen LogP contribution in [0.1, 0.15) is 38.6 Å². The van der Waals surface area contributed by atoms with Crippen LogP contribution in [0.4, 0.5) is 0 Å². The number of ether oxygens (including phenoxy) is 1. The van der Waals surface area contributed by atoms with Crippen molar-refractivity contribution in [2.45, 2.75) is 44.7 Å². The molecule has 1 unspecified atom stereocenters. The van der Waals surface area contributed by atoms with Crippen LogP contribution in [0, 0.1) is 5.92 Å². The first-order valence-corrected chi connectivity index (χ1v) is 12.8. The van der Waals surface area contributed by atoms with Gasteiger partial charge in [-0.05, 0) is 44.2 Å². The van der Waals surface area contributed by atoms with Gasteiger partial charge in [0.2, 0.25) is 5.91 Å². The van der Waals surface area contributed by atoms with E-state index in [2.05, 4.69) is 43.8 Å². The van der Waals surface area contributed by atoms with E-state index in [1.54, 1.807) is 11.8 Å². The minimum Gasteiger partial charge on any atom is -0.383 e. The van der Waals surface area contributed by atoms with Crippen LogP contribution in [0.3, 0.4) is 0 Å². The van der Waals surface area contributed by atoms with Crippen molar-refractivity contribution in [1.29, 1.82) is 0 Å². The molecule has 9 nitrogen and oxygen atoms in total. The Morgan fingerprint density at radius 2 is 1.68 bits per heavy atom. The largest absolute Gasteiger partial charge is 0.383 e. The second-order valence-electron chi connectivity index (χ2n) is 9.86. The number of amides is 1. The highest BCUT2D eigenvalue weighted by Crippen LogP contribution is 2.33. The predicted molar refractivity (Wildman–Crippen MR) is 141 cm³/mol. The van der Waals surface area contributed by atoms with Gasteiger partial charge >= 0.3 is 0 Å². The number of aryl methyl sites for hydroxylation is 1. The number of nitrogens with zero attached hydrogens (tertiary/aromatic N) is 6. The third-order valence-electron chi connectivity index (χ3n) is 6.99. The molecule has 1 aromatic carbocycles. The summed E-state index contributed by atoms with van der Waals surface area (Å²) in [6.07, 6.45) is 15.1. The second kappa shape index (κ2) is 11.0. The van der Waals surface area contributed by atoms with E-state index in [0.717, 1.165) is 53.5 Å². The van der Waals surface area contributed by atoms with Crippen LogP contribution in [0.25, 0.3) is 33.6 Å². The summed E-state index contributed by atoms with van der Waals surface area (Å²) in [4.78, 5) is 21.8. The maximum Gasteiger partial charge on any atom is 0.223 e. The van der Waals surface area contributed by atoms with E-state index in [1.807, 2.05) is 61.8 Å². The third kappa shape index (κ3) is 5.77. The molecule has 1 N–H and O–H groups in total. The smallest absolute Gasteiger partial charge is 0.223 e. The number of methoxy groups -OCH3 is 1. The van der Waals surface area contributed by atoms with Crippen LogP contribution in [0.15, 0.2) is 61.4 Å². The lowest BCUT2D eigenvalue weighted by Crippen LogP contribution is -2.40. The first-order valence-electron chi connectivity index (χ1n) is 12.8. The molecule has 192 valence electrons. The minimum absolute atomic E-state index is 0.0302. The number of hydrogen-bond acceptors (Lipinski definition) is 6. The van der Waals surface area contributed by atoms with Crippen LogP contribution in [0.5, 0.6) is 0 Å². The zero-order valence-electron chi connectivity index (χ0n) is 21.5. The van der Waals surface area contributed by atoms with Crippen molar-refractivity contribution in [2.75, 3.05) is 13.7 Å². The highest BCUT2D eigenvalue weighted by atomic mass is 16.5. The fraction of sp³-hybridized carbons (Fsp3) is 0.393. The molecule has 1 atom stereocenters. The Hall–Kier alpha value is -3.85. The molecular formula is C28H33N7O2. The van der Waals surface area contributed by atoms with Gasteiger partial charge in [0.1, 0.15) is 0 Å². The first kappa shape index (κ1) is 24.8. The van der Waals surface area contributed by atoms with Crippen molar-refractivity contribution >= 4 is 5.91 Å². The van der Waals surface area contributed by atoms with E-state index in [-0.39, 0.29) is 17.9 Å². The molecule has 0 aliphatic heterocycles. The van der Waals surface area contributed by atoms with Crippen LogP contribution in [-0.4, -0.2) is 55.2 Å². The van der Waals surface area contributed by atoms with Gasteiger partial charge in [-0.15, -0.1) is 0 Å². The number of carbonyl (C=O) groups is 1. The van der Waals surface area contributed by atoms with Crippen LogP contribution in [-0.2, 0) is 16.6 Å². The predicted octanol–water partition coefficient (Wildman–Crippen LogP) is 4.29. The van der Waals surface area contributed by atoms with Gasteiger partial charge in [0.25, 0.3) is 0 Å². The van der Waals surface area contributed by atoms with Gasteiger partial charge in [-0.25, -0.2) is 9.97 Å². The lowest BCUT2D eigenvalue weighted by atomic mass is 9.85. The van der Waals surface area contributed by atoms with Crippen LogP contribution < -0.4 is 5.32 Å². The van der Waals surface area contributed by atoms with Gasteiger partial charge in [0.05, 0.1) is 25.0 Å². The molecule has 0 bridgehead atoms. The standard InChI is InChI=1S/C28H33N7O2/c1-19(18-37-3)33-28(36)20-7-9-26(10-8-20)35-17-25(15-32-35)23-12-29-27(30-13-23)22-6-4-5-21(11-22)24-14-31-34(2)16-24/h4-6,11-17,19-20,26H,7-10,18H2,1-3H3,(H,33,36)/t19?,20-,26-. The van der Waals surface area contributed by atoms with Crippen LogP contribution in [0.2, 0.25) is 0 Å². The van der Waals surface area contributed by atoms with Crippen molar-refractivity contribution in [2.24, 2.45) is 13.0 Å². The van der Waals surface area contributed by atoms with Crippen LogP contribution >= 0.6 is 0 Å². The van der Waals surface area contributed by atoms with Crippen molar-refractivity contribution < 1.29 is 9.53 Å². The minimum atomic E-state index is 0.0302. The molecule has 0 radical (unpaired) electrons. The van der Waals surface area contributed by atoms with Gasteiger partial charge in [-0.1, -0.05) is 18.2 Å². The SMILES string of the molecule is COCC(C)NC(=O)[C@H]1CC[C@H](n2cc(-c3cnc(-c4cccc(-c5cnn(C)c5)c4)nc3)cn2)CC1. The molecule has 1 aliphatic carbocycles. The van der Waals surface area contributed by atoms with E-state index in [4.69, 9.17) is 4.74 Å². The summed E-state index contributed by atoms with van der Waals surface area (Å²) < 4.78 is 8.94. The number of rotatable bonds is 8. The second-order valence-corrected chi connectivity index (χ2v) is 9.86. The zero-order chi connectivity index (χ0) is 25.8. The van der Waals surface area contributed by atoms with E-state index in [9.17, 15) is 4.79 Å². The zero-order valence-corrected chi connectivity index (χ0v) is 21.5. The van der Waals surface area contributed by atoms with Crippen molar-refractivity contribution in [1.82, 2.24) is 34.8 Å². The molecule has 5 rings (SSSR count). The van der Waals surface area contributed by atoms with Crippen molar-refractivity contribution in [3.05, 3.63) is 61.4 Å². The van der Waals surface area contributed by atoms with E-state index < -0.39 is 0 Å². The van der Waals surface area contributed by atoms with Gasteiger partial charge in [0, 0.05) is 73.2 Å². The molecule has 9 heteroatoms. The Bertz CT molecular complexity index is 1340. The fourth-order valence-electron chi connectivity index (χ4n) is 4.98. The summed E-state index contributed by atoms with van der Waals surface area (Å²) in [5, 5.41) is 11.9. The number of carbonyl (C=O) groups excluding carboxylic acids is 1. The highest BCUT2D eigenvalue weighted by Gasteiger charge is 2.28. The lowest BCUT2D eigenvalue weighted by molar-refractivity contribution is -0.127.